The third-order valence-electron chi connectivity index (χ3n) is 2.20. The van der Waals surface area contributed by atoms with Crippen molar-refractivity contribution in [2.24, 2.45) is 0 Å². The van der Waals surface area contributed by atoms with Gasteiger partial charge in [0.1, 0.15) is 5.88 Å². The first kappa shape index (κ1) is 11.5. The van der Waals surface area contributed by atoms with Gasteiger partial charge in [-0.3, -0.25) is 19.8 Å². The fourth-order valence-corrected chi connectivity index (χ4v) is 1.48. The van der Waals surface area contributed by atoms with Gasteiger partial charge in [-0.25, -0.2) is 0 Å². The summed E-state index contributed by atoms with van der Waals surface area (Å²) in [5, 5.41) is 7.83. The van der Waals surface area contributed by atoms with Crippen LogP contribution >= 0.6 is 11.6 Å². The molecule has 0 aliphatic heterocycles. The maximum atomic E-state index is 11.0. The predicted molar refractivity (Wildman–Crippen MR) is 66.2 cm³/mol. The van der Waals surface area contributed by atoms with Crippen molar-refractivity contribution in [3.8, 4) is 11.3 Å². The molecule has 1 aromatic heterocycles. The summed E-state index contributed by atoms with van der Waals surface area (Å²) in [6.07, 6.45) is 0. The Bertz CT molecular complexity index is 571. The molecule has 0 saturated heterocycles. The number of anilines is 1. The second kappa shape index (κ2) is 4.88. The minimum absolute atomic E-state index is 0.0765. The third-order valence-corrected chi connectivity index (χ3v) is 2.44. The maximum absolute atomic E-state index is 11.0. The lowest BCUT2D eigenvalue weighted by molar-refractivity contribution is -0.113. The molecule has 1 aromatic carbocycles. The number of carbonyl (C=O) groups excluding carboxylic acids is 1. The highest BCUT2D eigenvalue weighted by atomic mass is 35.5. The van der Waals surface area contributed by atoms with E-state index in [1.807, 2.05) is 0 Å². The molecule has 0 fully saturated rings. The predicted octanol–water partition coefficient (Wildman–Crippen LogP) is 1.55. The van der Waals surface area contributed by atoms with Crippen molar-refractivity contribution in [1.29, 1.82) is 0 Å². The van der Waals surface area contributed by atoms with Crippen LogP contribution < -0.4 is 10.9 Å². The molecular formula is C11H10ClN3O2. The molecule has 0 aliphatic carbocycles. The standard InChI is InChI=1S/C11H10ClN3O2/c12-6-11(17)13-8-3-1-7(2-4-8)9-5-10(16)15-14-9/h1-5H,6H2,(H,13,17)(H2,14,15,16). The summed E-state index contributed by atoms with van der Waals surface area (Å²) in [6, 6.07) is 8.54. The van der Waals surface area contributed by atoms with Crippen molar-refractivity contribution in [2.75, 3.05) is 11.2 Å². The van der Waals surface area contributed by atoms with Crippen LogP contribution in [-0.4, -0.2) is 22.0 Å². The van der Waals surface area contributed by atoms with Crippen molar-refractivity contribution in [3.05, 3.63) is 40.7 Å². The van der Waals surface area contributed by atoms with E-state index in [9.17, 15) is 9.59 Å². The van der Waals surface area contributed by atoms with Gasteiger partial charge in [0.25, 0.3) is 5.56 Å². The number of aromatic amines is 2. The van der Waals surface area contributed by atoms with Crippen LogP contribution in [0.1, 0.15) is 0 Å². The first-order chi connectivity index (χ1) is 8.19. The normalized spacial score (nSPS) is 10.2. The van der Waals surface area contributed by atoms with E-state index in [-0.39, 0.29) is 17.3 Å². The average molecular weight is 252 g/mol. The number of H-pyrrole nitrogens is 2. The Labute approximate surface area is 102 Å². The lowest BCUT2D eigenvalue weighted by Gasteiger charge is -2.03. The van der Waals surface area contributed by atoms with Crippen LogP contribution in [0.5, 0.6) is 0 Å². The number of halogens is 1. The Hall–Kier alpha value is -2.01. The fraction of sp³-hybridized carbons (Fsp3) is 0.0909. The van der Waals surface area contributed by atoms with Crippen LogP contribution in [0.2, 0.25) is 0 Å². The van der Waals surface area contributed by atoms with E-state index in [0.717, 1.165) is 5.56 Å². The Morgan fingerprint density at radius 3 is 2.47 bits per heavy atom. The molecule has 5 nitrogen and oxygen atoms in total. The molecule has 0 unspecified atom stereocenters. The van der Waals surface area contributed by atoms with Crippen LogP contribution in [0.25, 0.3) is 11.3 Å². The summed E-state index contributed by atoms with van der Waals surface area (Å²) in [6.45, 7) is 0. The number of carbonyl (C=O) groups is 1. The van der Waals surface area contributed by atoms with Gasteiger partial charge in [-0.1, -0.05) is 12.1 Å². The molecule has 0 atom stereocenters. The Morgan fingerprint density at radius 1 is 1.24 bits per heavy atom. The smallest absolute Gasteiger partial charge is 0.264 e. The minimum atomic E-state index is -0.255. The van der Waals surface area contributed by atoms with Crippen LogP contribution in [0.15, 0.2) is 35.1 Å². The third kappa shape index (κ3) is 2.76. The van der Waals surface area contributed by atoms with Crippen LogP contribution in [-0.2, 0) is 4.79 Å². The van der Waals surface area contributed by atoms with Gasteiger partial charge in [-0.15, -0.1) is 11.6 Å². The summed E-state index contributed by atoms with van der Waals surface area (Å²) in [4.78, 5) is 22.0. The van der Waals surface area contributed by atoms with Crippen LogP contribution in [0, 0.1) is 0 Å². The second-order valence-corrected chi connectivity index (χ2v) is 3.70. The van der Waals surface area contributed by atoms with Crippen molar-refractivity contribution >= 4 is 23.2 Å². The minimum Gasteiger partial charge on any atom is -0.325 e. The van der Waals surface area contributed by atoms with Crippen LogP contribution in [0.3, 0.4) is 0 Å². The van der Waals surface area contributed by atoms with E-state index < -0.39 is 0 Å². The number of amides is 1. The Kier molecular flexibility index (Phi) is 3.30. The quantitative estimate of drug-likeness (QED) is 0.724. The first-order valence-electron chi connectivity index (χ1n) is 4.93. The van der Waals surface area contributed by atoms with E-state index in [2.05, 4.69) is 15.5 Å². The average Bonchev–Trinajstić information content (AvgIpc) is 2.77. The molecule has 0 radical (unpaired) electrons. The molecule has 0 spiro atoms. The van der Waals surface area contributed by atoms with Gasteiger partial charge in [0, 0.05) is 11.8 Å². The van der Waals surface area contributed by atoms with Crippen molar-refractivity contribution < 1.29 is 4.79 Å². The number of nitrogens with one attached hydrogen (secondary N) is 3. The molecule has 1 heterocycles. The van der Waals surface area contributed by atoms with Gasteiger partial charge in [0.2, 0.25) is 5.91 Å². The van der Waals surface area contributed by atoms with Crippen molar-refractivity contribution in [1.82, 2.24) is 10.2 Å². The second-order valence-electron chi connectivity index (χ2n) is 3.43. The van der Waals surface area contributed by atoms with Crippen LogP contribution in [0.4, 0.5) is 5.69 Å². The number of rotatable bonds is 3. The van der Waals surface area contributed by atoms with Gasteiger partial charge in [0.15, 0.2) is 0 Å². The molecule has 0 aliphatic rings. The lowest BCUT2D eigenvalue weighted by atomic mass is 10.1. The summed E-state index contributed by atoms with van der Waals surface area (Å²) >= 11 is 5.38. The van der Waals surface area contributed by atoms with Gasteiger partial charge < -0.3 is 5.32 Å². The van der Waals surface area contributed by atoms with Crippen molar-refractivity contribution in [2.45, 2.75) is 0 Å². The topological polar surface area (TPSA) is 77.8 Å². The van der Waals surface area contributed by atoms with Gasteiger partial charge in [-0.05, 0) is 17.7 Å². The molecule has 2 aromatic rings. The SMILES string of the molecule is O=C(CCl)Nc1ccc(-c2cc(=O)[nH][nH]2)cc1. The zero-order valence-corrected chi connectivity index (χ0v) is 9.54. The fourth-order valence-electron chi connectivity index (χ4n) is 1.42. The van der Waals surface area contributed by atoms with E-state index in [1.54, 1.807) is 24.3 Å². The van der Waals surface area contributed by atoms with E-state index >= 15 is 0 Å². The van der Waals surface area contributed by atoms with Gasteiger partial charge in [-0.2, -0.15) is 0 Å². The highest BCUT2D eigenvalue weighted by Crippen LogP contribution is 2.17. The van der Waals surface area contributed by atoms with Gasteiger partial charge >= 0.3 is 0 Å². The molecule has 0 saturated carbocycles. The van der Waals surface area contributed by atoms with Crippen molar-refractivity contribution in [3.63, 3.8) is 0 Å². The highest BCUT2D eigenvalue weighted by Gasteiger charge is 2.02. The molecule has 17 heavy (non-hydrogen) atoms. The largest absolute Gasteiger partial charge is 0.325 e. The summed E-state index contributed by atoms with van der Waals surface area (Å²) < 4.78 is 0. The van der Waals surface area contributed by atoms with E-state index in [4.69, 9.17) is 11.6 Å². The zero-order valence-electron chi connectivity index (χ0n) is 8.79. The number of hydrogen-bond donors (Lipinski definition) is 3. The molecule has 3 N–H and O–H groups in total. The zero-order chi connectivity index (χ0) is 12.3. The molecule has 6 heteroatoms. The monoisotopic (exact) mass is 251 g/mol. The van der Waals surface area contributed by atoms with Gasteiger partial charge in [0.05, 0.1) is 5.69 Å². The maximum Gasteiger partial charge on any atom is 0.264 e. The number of alkyl halides is 1. The Morgan fingerprint density at radius 2 is 1.94 bits per heavy atom. The van der Waals surface area contributed by atoms with E-state index in [0.29, 0.717) is 11.4 Å². The number of hydrogen-bond acceptors (Lipinski definition) is 2. The summed E-state index contributed by atoms with van der Waals surface area (Å²) in [7, 11) is 0. The molecule has 1 amide bonds. The molecule has 0 bridgehead atoms. The molecular weight excluding hydrogens is 242 g/mol. The molecule has 2 rings (SSSR count). The first-order valence-corrected chi connectivity index (χ1v) is 5.46. The highest BCUT2D eigenvalue weighted by molar-refractivity contribution is 6.29. The lowest BCUT2D eigenvalue weighted by Crippen LogP contribution is -2.12. The summed E-state index contributed by atoms with van der Waals surface area (Å²) in [5.74, 6) is -0.332. The number of aromatic nitrogens is 2. The summed E-state index contributed by atoms with van der Waals surface area (Å²) in [5.41, 5.74) is 2.04. The molecule has 88 valence electrons. The number of benzene rings is 1. The van der Waals surface area contributed by atoms with E-state index in [1.165, 1.54) is 6.07 Å². The Balaban J connectivity index is 2.18.